The quantitative estimate of drug-likeness (QED) is 0.505. The van der Waals surface area contributed by atoms with Gasteiger partial charge in [0.25, 0.3) is 0 Å². The largest absolute Gasteiger partial charge is 0.468 e. The maximum Gasteiger partial charge on any atom is 0.319 e. The summed E-state index contributed by atoms with van der Waals surface area (Å²) in [4.78, 5) is 23.8. The number of aromatic nitrogens is 2. The van der Waals surface area contributed by atoms with Gasteiger partial charge in [0, 0.05) is 41.8 Å². The number of rotatable bonds is 6. The minimum Gasteiger partial charge on any atom is -0.468 e. The molecule has 0 aliphatic carbocycles. The van der Waals surface area contributed by atoms with E-state index in [0.29, 0.717) is 30.7 Å². The van der Waals surface area contributed by atoms with Gasteiger partial charge in [-0.3, -0.25) is 20.1 Å². The maximum atomic E-state index is 11.9. The molecule has 5 heterocycles. The number of nitrogens with zero attached hydrogens (tertiary/aromatic N) is 3. The number of nitrogens with one attached hydrogen (secondary N) is 4. The van der Waals surface area contributed by atoms with Crippen molar-refractivity contribution in [2.75, 3.05) is 24.3 Å². The van der Waals surface area contributed by atoms with E-state index in [-0.39, 0.29) is 12.1 Å². The number of methoxy groups -OCH3 is 1. The van der Waals surface area contributed by atoms with Gasteiger partial charge < -0.3 is 15.4 Å². The smallest absolute Gasteiger partial charge is 0.319 e. The first kappa shape index (κ1) is 21.4. The highest BCUT2D eigenvalue weighted by Gasteiger charge is 2.39. The number of esters is 1. The monoisotopic (exact) mass is 439 g/mol. The van der Waals surface area contributed by atoms with E-state index in [2.05, 4.69) is 44.4 Å². The van der Waals surface area contributed by atoms with Crippen molar-refractivity contribution < 1.29 is 9.53 Å². The Labute approximate surface area is 188 Å². The Morgan fingerprint density at radius 1 is 1.22 bits per heavy atom. The van der Waals surface area contributed by atoms with Gasteiger partial charge in [0.2, 0.25) is 0 Å². The van der Waals surface area contributed by atoms with E-state index in [4.69, 9.17) is 9.72 Å². The summed E-state index contributed by atoms with van der Waals surface area (Å²) < 4.78 is 4.93. The molecule has 0 saturated carbocycles. The molecule has 3 fully saturated rings. The molecule has 32 heavy (non-hydrogen) atoms. The number of carbonyl (C=O) groups is 1. The summed E-state index contributed by atoms with van der Waals surface area (Å²) in [5.41, 5.74) is 7.44. The molecular weight excluding hydrogens is 406 g/mol. The first-order valence-electron chi connectivity index (χ1n) is 11.7. The fraction of sp³-hybridized carbons (Fsp3) is 0.609. The molecule has 9 nitrogen and oxygen atoms in total. The highest BCUT2D eigenvalue weighted by Crippen LogP contribution is 2.36. The van der Waals surface area contributed by atoms with Crippen LogP contribution in [-0.4, -0.2) is 64.8 Å². The normalized spacial score (nSPS) is 30.2. The van der Waals surface area contributed by atoms with Crippen LogP contribution in [0.2, 0.25) is 0 Å². The van der Waals surface area contributed by atoms with E-state index < -0.39 is 0 Å². The van der Waals surface area contributed by atoms with Gasteiger partial charge in [-0.25, -0.2) is 10.4 Å². The van der Waals surface area contributed by atoms with Crippen LogP contribution in [0.15, 0.2) is 24.4 Å². The summed E-state index contributed by atoms with van der Waals surface area (Å²) >= 11 is 0. The molecule has 5 atom stereocenters. The zero-order valence-electron chi connectivity index (χ0n) is 18.8. The molecule has 2 aromatic heterocycles. The average Bonchev–Trinajstić information content (AvgIpc) is 3.18. The number of fused-ring (bicyclic) bond motifs is 3. The number of carbonyl (C=O) groups excluding carboxylic acids is 1. The lowest BCUT2D eigenvalue weighted by Crippen LogP contribution is -2.56. The molecule has 172 valence electrons. The van der Waals surface area contributed by atoms with E-state index in [9.17, 15) is 4.79 Å². The Balaban J connectivity index is 1.35. The third kappa shape index (κ3) is 4.51. The van der Waals surface area contributed by atoms with Crippen LogP contribution in [0.1, 0.15) is 45.4 Å². The van der Waals surface area contributed by atoms with Crippen LogP contribution < -0.4 is 21.5 Å². The lowest BCUT2D eigenvalue weighted by molar-refractivity contribution is -0.144. The van der Waals surface area contributed by atoms with E-state index in [0.717, 1.165) is 54.6 Å². The van der Waals surface area contributed by atoms with Crippen molar-refractivity contribution in [3.63, 3.8) is 0 Å². The van der Waals surface area contributed by atoms with Crippen LogP contribution in [-0.2, 0) is 9.53 Å². The predicted molar refractivity (Wildman–Crippen MR) is 124 cm³/mol. The summed E-state index contributed by atoms with van der Waals surface area (Å²) in [6, 6.07) is 7.58. The molecule has 0 amide bonds. The van der Waals surface area contributed by atoms with Crippen molar-refractivity contribution in [1.82, 2.24) is 25.7 Å². The second-order valence-corrected chi connectivity index (χ2v) is 9.35. The van der Waals surface area contributed by atoms with E-state index >= 15 is 0 Å². The number of hydrogen-bond acceptors (Lipinski definition) is 9. The molecule has 4 N–H and O–H groups in total. The molecule has 2 aromatic rings. The number of hydrogen-bond donors (Lipinski definition) is 4. The SMILES string of the molecule is COC(=O)CN1[C@@H]2CCC[C@H]1CC(Nc1nc(NC3CC(C)NN3)cc3ncccc13)C2. The molecule has 9 heteroatoms. The predicted octanol–water partition coefficient (Wildman–Crippen LogP) is 2.22. The molecule has 0 spiro atoms. The van der Waals surface area contributed by atoms with Crippen molar-refractivity contribution in [1.29, 1.82) is 0 Å². The molecular formula is C23H33N7O2. The van der Waals surface area contributed by atoms with Crippen LogP contribution in [0.5, 0.6) is 0 Å². The zero-order valence-corrected chi connectivity index (χ0v) is 18.8. The lowest BCUT2D eigenvalue weighted by Gasteiger charge is -2.48. The number of pyridine rings is 2. The number of piperidine rings is 2. The third-order valence-electron chi connectivity index (χ3n) is 7.02. The molecule has 5 rings (SSSR count). The topological polar surface area (TPSA) is 103 Å². The summed E-state index contributed by atoms with van der Waals surface area (Å²) in [6.45, 7) is 2.55. The number of anilines is 2. The lowest BCUT2D eigenvalue weighted by atomic mass is 9.81. The van der Waals surface area contributed by atoms with Gasteiger partial charge in [-0.05, 0) is 51.2 Å². The third-order valence-corrected chi connectivity index (χ3v) is 7.02. The first-order valence-corrected chi connectivity index (χ1v) is 11.7. The van der Waals surface area contributed by atoms with E-state index in [1.54, 1.807) is 0 Å². The van der Waals surface area contributed by atoms with E-state index in [1.165, 1.54) is 13.5 Å². The number of ether oxygens (including phenoxy) is 1. The maximum absolute atomic E-state index is 11.9. The Bertz CT molecular complexity index is 957. The van der Waals surface area contributed by atoms with Gasteiger partial charge in [0.1, 0.15) is 11.6 Å². The summed E-state index contributed by atoms with van der Waals surface area (Å²) in [7, 11) is 1.47. The fourth-order valence-corrected chi connectivity index (χ4v) is 5.51. The standard InChI is InChI=1S/C23H33N7O2/c1-14-9-21(29-28-14)26-20-12-19-18(7-4-8-24-19)23(27-20)25-15-10-16-5-3-6-17(11-15)30(16)13-22(31)32-2/h4,7-8,12,14-17,21,28-29H,3,5-6,9-11,13H2,1-2H3,(H2,25,26,27)/t14?,15?,16-,17+,21?. The van der Waals surface area contributed by atoms with Crippen molar-refractivity contribution in [3.05, 3.63) is 24.4 Å². The Morgan fingerprint density at radius 3 is 2.75 bits per heavy atom. The second-order valence-electron chi connectivity index (χ2n) is 9.35. The minimum absolute atomic E-state index is 0.132. The zero-order chi connectivity index (χ0) is 22.1. The molecule has 2 bridgehead atoms. The van der Waals surface area contributed by atoms with Gasteiger partial charge in [-0.15, -0.1) is 0 Å². The van der Waals surface area contributed by atoms with Gasteiger partial charge in [0.15, 0.2) is 0 Å². The van der Waals surface area contributed by atoms with Crippen LogP contribution in [0, 0.1) is 0 Å². The molecule has 3 unspecified atom stereocenters. The molecule has 3 aliphatic heterocycles. The molecule has 0 radical (unpaired) electrons. The Hall–Kier alpha value is -2.49. The first-order chi connectivity index (χ1) is 15.6. The highest BCUT2D eigenvalue weighted by atomic mass is 16.5. The summed E-state index contributed by atoms with van der Waals surface area (Å²) in [5, 5.41) is 8.27. The Morgan fingerprint density at radius 2 is 2.03 bits per heavy atom. The van der Waals surface area contributed by atoms with E-state index in [1.807, 2.05) is 18.3 Å². The van der Waals surface area contributed by atoms with Gasteiger partial charge in [-0.2, -0.15) is 0 Å². The van der Waals surface area contributed by atoms with Gasteiger partial charge in [0.05, 0.1) is 25.3 Å². The molecule has 0 aromatic carbocycles. The molecule has 3 aliphatic rings. The average molecular weight is 440 g/mol. The van der Waals surface area contributed by atoms with Crippen molar-refractivity contribution in [2.45, 2.75) is 75.8 Å². The summed E-state index contributed by atoms with van der Waals surface area (Å²) in [6.07, 6.45) is 8.41. The Kier molecular flexibility index (Phi) is 6.12. The second kappa shape index (κ2) is 9.17. The van der Waals surface area contributed by atoms with Crippen molar-refractivity contribution in [3.8, 4) is 0 Å². The van der Waals surface area contributed by atoms with Gasteiger partial charge in [-0.1, -0.05) is 6.42 Å². The van der Waals surface area contributed by atoms with Crippen LogP contribution in [0.25, 0.3) is 10.9 Å². The van der Waals surface area contributed by atoms with Crippen LogP contribution in [0.4, 0.5) is 11.6 Å². The van der Waals surface area contributed by atoms with Crippen molar-refractivity contribution >= 4 is 28.5 Å². The number of hydrazine groups is 1. The highest BCUT2D eigenvalue weighted by molar-refractivity contribution is 5.91. The van der Waals surface area contributed by atoms with Gasteiger partial charge >= 0.3 is 5.97 Å². The minimum atomic E-state index is -0.143. The molecule has 3 saturated heterocycles. The van der Waals surface area contributed by atoms with Crippen LogP contribution >= 0.6 is 0 Å². The van der Waals surface area contributed by atoms with Crippen LogP contribution in [0.3, 0.4) is 0 Å². The fourth-order valence-electron chi connectivity index (χ4n) is 5.51. The van der Waals surface area contributed by atoms with Crippen molar-refractivity contribution in [2.24, 2.45) is 0 Å². The summed E-state index contributed by atoms with van der Waals surface area (Å²) in [5.74, 6) is 1.55.